The molecule has 3 nitrogen and oxygen atoms in total. The number of benzene rings is 1. The quantitative estimate of drug-likeness (QED) is 0.885. The number of hydrogen-bond acceptors (Lipinski definition) is 2. The second-order valence-corrected chi connectivity index (χ2v) is 6.27. The second kappa shape index (κ2) is 7.48. The van der Waals surface area contributed by atoms with Gasteiger partial charge in [0, 0.05) is 25.8 Å². The van der Waals surface area contributed by atoms with E-state index in [2.05, 4.69) is 18.3 Å². The Morgan fingerprint density at radius 1 is 1.29 bits per heavy atom. The molecule has 0 spiro atoms. The smallest absolute Gasteiger partial charge is 0.255 e. The van der Waals surface area contributed by atoms with Crippen LogP contribution in [-0.4, -0.2) is 30.9 Å². The zero-order valence-corrected chi connectivity index (χ0v) is 13.6. The maximum absolute atomic E-state index is 12.8. The predicted octanol–water partition coefficient (Wildman–Crippen LogP) is 4.08. The molecule has 116 valence electrons. The third-order valence-corrected chi connectivity index (χ3v) is 4.38. The lowest BCUT2D eigenvalue weighted by molar-refractivity contribution is 0.0761. The highest BCUT2D eigenvalue weighted by molar-refractivity contribution is 5.99. The molecule has 1 fully saturated rings. The molecule has 0 aromatic heterocycles. The first kappa shape index (κ1) is 15.9. The largest absolute Gasteiger partial charge is 0.385 e. The maximum atomic E-state index is 12.8. The lowest BCUT2D eigenvalue weighted by Crippen LogP contribution is -2.33. The molecule has 21 heavy (non-hydrogen) atoms. The Morgan fingerprint density at radius 2 is 2.00 bits per heavy atom. The number of rotatable bonds is 5. The summed E-state index contributed by atoms with van der Waals surface area (Å²) in [6, 6.07) is 6.06. The number of carbonyl (C=O) groups is 1. The molecule has 1 N–H and O–H groups in total. The molecule has 0 bridgehead atoms. The van der Waals surface area contributed by atoms with Gasteiger partial charge in [0.15, 0.2) is 0 Å². The molecule has 1 saturated carbocycles. The minimum atomic E-state index is 0.139. The van der Waals surface area contributed by atoms with Crippen molar-refractivity contribution in [2.75, 3.05) is 25.5 Å². The van der Waals surface area contributed by atoms with Gasteiger partial charge in [-0.15, -0.1) is 0 Å². The van der Waals surface area contributed by atoms with Gasteiger partial charge in [-0.25, -0.2) is 0 Å². The molecule has 1 aromatic carbocycles. The number of aryl methyl sites for hydroxylation is 1. The van der Waals surface area contributed by atoms with E-state index in [9.17, 15) is 4.79 Å². The zero-order chi connectivity index (χ0) is 15.2. The van der Waals surface area contributed by atoms with Crippen molar-refractivity contribution in [3.8, 4) is 0 Å². The monoisotopic (exact) mass is 288 g/mol. The molecule has 1 amide bonds. The van der Waals surface area contributed by atoms with Crippen LogP contribution in [0.25, 0.3) is 0 Å². The Kier molecular flexibility index (Phi) is 5.66. The number of carbonyl (C=O) groups excluding carboxylic acids is 1. The number of nitrogens with zero attached hydrogens (tertiary/aromatic N) is 1. The van der Waals surface area contributed by atoms with Gasteiger partial charge in [-0.3, -0.25) is 4.79 Å². The van der Waals surface area contributed by atoms with Crippen molar-refractivity contribution in [2.24, 2.45) is 5.92 Å². The summed E-state index contributed by atoms with van der Waals surface area (Å²) in [7, 11) is 1.94. The molecule has 0 saturated heterocycles. The zero-order valence-electron chi connectivity index (χ0n) is 13.6. The van der Waals surface area contributed by atoms with Crippen LogP contribution in [0, 0.1) is 12.8 Å². The van der Waals surface area contributed by atoms with Crippen LogP contribution in [0.1, 0.15) is 54.9 Å². The molecule has 0 heterocycles. The lowest BCUT2D eigenvalue weighted by Gasteiger charge is -2.27. The van der Waals surface area contributed by atoms with Crippen LogP contribution in [-0.2, 0) is 0 Å². The predicted molar refractivity (Wildman–Crippen MR) is 88.9 cm³/mol. The Labute approximate surface area is 128 Å². The van der Waals surface area contributed by atoms with Gasteiger partial charge in [-0.2, -0.15) is 0 Å². The number of nitrogens with one attached hydrogen (secondary N) is 1. The van der Waals surface area contributed by atoms with Crippen LogP contribution in [0.15, 0.2) is 18.2 Å². The first-order valence-electron chi connectivity index (χ1n) is 8.21. The van der Waals surface area contributed by atoms with Gasteiger partial charge in [-0.1, -0.05) is 30.9 Å². The summed E-state index contributed by atoms with van der Waals surface area (Å²) >= 11 is 0. The highest BCUT2D eigenvalue weighted by Gasteiger charge is 2.21. The first-order chi connectivity index (χ1) is 10.1. The number of hydrogen-bond donors (Lipinski definition) is 1. The fourth-order valence-electron chi connectivity index (χ4n) is 3.23. The molecule has 0 aliphatic heterocycles. The average molecular weight is 288 g/mol. The third-order valence-electron chi connectivity index (χ3n) is 4.38. The molecule has 1 aliphatic rings. The molecule has 2 rings (SSSR count). The van der Waals surface area contributed by atoms with E-state index in [1.165, 1.54) is 32.1 Å². The Bertz CT molecular complexity index is 478. The van der Waals surface area contributed by atoms with Gasteiger partial charge in [0.2, 0.25) is 0 Å². The van der Waals surface area contributed by atoms with Crippen LogP contribution >= 0.6 is 0 Å². The van der Waals surface area contributed by atoms with Crippen LogP contribution in [0.4, 0.5) is 5.69 Å². The van der Waals surface area contributed by atoms with Crippen molar-refractivity contribution >= 4 is 11.6 Å². The minimum absolute atomic E-state index is 0.139. The molecular weight excluding hydrogens is 260 g/mol. The molecule has 1 aliphatic carbocycles. The van der Waals surface area contributed by atoms with Gasteiger partial charge < -0.3 is 10.2 Å². The van der Waals surface area contributed by atoms with Crippen LogP contribution in [0.3, 0.4) is 0 Å². The summed E-state index contributed by atoms with van der Waals surface area (Å²) in [6.45, 7) is 5.81. The van der Waals surface area contributed by atoms with Gasteiger partial charge in [0.05, 0.1) is 5.56 Å². The fourth-order valence-corrected chi connectivity index (χ4v) is 3.23. The van der Waals surface area contributed by atoms with E-state index in [4.69, 9.17) is 0 Å². The van der Waals surface area contributed by atoms with Crippen molar-refractivity contribution < 1.29 is 4.79 Å². The minimum Gasteiger partial charge on any atom is -0.385 e. The normalized spacial score (nSPS) is 15.8. The summed E-state index contributed by atoms with van der Waals surface area (Å²) in [5.41, 5.74) is 2.88. The Morgan fingerprint density at radius 3 is 2.67 bits per heavy atom. The molecule has 0 radical (unpaired) electrons. The van der Waals surface area contributed by atoms with Crippen molar-refractivity contribution in [2.45, 2.75) is 46.0 Å². The van der Waals surface area contributed by atoms with Gasteiger partial charge in [0.25, 0.3) is 5.91 Å². The van der Waals surface area contributed by atoms with Crippen LogP contribution < -0.4 is 5.32 Å². The van der Waals surface area contributed by atoms with E-state index < -0.39 is 0 Å². The van der Waals surface area contributed by atoms with Gasteiger partial charge in [0.1, 0.15) is 0 Å². The van der Waals surface area contributed by atoms with E-state index in [0.717, 1.165) is 29.9 Å². The van der Waals surface area contributed by atoms with E-state index in [0.29, 0.717) is 5.92 Å². The second-order valence-electron chi connectivity index (χ2n) is 6.27. The van der Waals surface area contributed by atoms with Crippen molar-refractivity contribution in [1.82, 2.24) is 4.90 Å². The molecule has 1 aromatic rings. The first-order valence-corrected chi connectivity index (χ1v) is 8.21. The summed E-state index contributed by atoms with van der Waals surface area (Å²) in [4.78, 5) is 14.7. The average Bonchev–Trinajstić information content (AvgIpc) is 2.49. The Hall–Kier alpha value is -1.51. The molecule has 0 unspecified atom stereocenters. The third kappa shape index (κ3) is 4.23. The summed E-state index contributed by atoms with van der Waals surface area (Å²) in [6.07, 6.45) is 6.53. The number of amides is 1. The van der Waals surface area contributed by atoms with E-state index in [-0.39, 0.29) is 5.91 Å². The summed E-state index contributed by atoms with van der Waals surface area (Å²) in [5, 5.41) is 3.30. The van der Waals surface area contributed by atoms with Crippen molar-refractivity contribution in [3.63, 3.8) is 0 Å². The molecule has 3 heteroatoms. The van der Waals surface area contributed by atoms with Gasteiger partial charge in [-0.05, 0) is 44.7 Å². The van der Waals surface area contributed by atoms with Crippen molar-refractivity contribution in [1.29, 1.82) is 0 Å². The lowest BCUT2D eigenvalue weighted by atomic mass is 9.89. The maximum Gasteiger partial charge on any atom is 0.255 e. The summed E-state index contributed by atoms with van der Waals surface area (Å²) in [5.74, 6) is 0.820. The SMILES string of the molecule is CCNc1ccc(C)cc1C(=O)N(C)CC1CCCCC1. The number of anilines is 1. The standard InChI is InChI=1S/C18H28N2O/c1-4-19-17-11-10-14(2)12-16(17)18(21)20(3)13-15-8-6-5-7-9-15/h10-12,15,19H,4-9,13H2,1-3H3. The van der Waals surface area contributed by atoms with Crippen LogP contribution in [0.5, 0.6) is 0 Å². The van der Waals surface area contributed by atoms with Crippen molar-refractivity contribution in [3.05, 3.63) is 29.3 Å². The van der Waals surface area contributed by atoms with E-state index in [1.807, 2.05) is 31.0 Å². The summed E-state index contributed by atoms with van der Waals surface area (Å²) < 4.78 is 0. The fraction of sp³-hybridized carbons (Fsp3) is 0.611. The Balaban J connectivity index is 2.08. The van der Waals surface area contributed by atoms with E-state index >= 15 is 0 Å². The molecular formula is C18H28N2O. The van der Waals surface area contributed by atoms with Gasteiger partial charge >= 0.3 is 0 Å². The highest BCUT2D eigenvalue weighted by Crippen LogP contribution is 2.25. The van der Waals surface area contributed by atoms with Crippen LogP contribution in [0.2, 0.25) is 0 Å². The van der Waals surface area contributed by atoms with E-state index in [1.54, 1.807) is 0 Å². The highest BCUT2D eigenvalue weighted by atomic mass is 16.2. The topological polar surface area (TPSA) is 32.3 Å². The molecule has 0 atom stereocenters.